The number of amides is 1. The summed E-state index contributed by atoms with van der Waals surface area (Å²) in [7, 11) is -3.43. The summed E-state index contributed by atoms with van der Waals surface area (Å²) in [5, 5.41) is 2.92. The van der Waals surface area contributed by atoms with Crippen molar-refractivity contribution in [3.8, 4) is 0 Å². The first-order valence-corrected chi connectivity index (χ1v) is 11.9. The molecule has 3 rings (SSSR count). The number of rotatable bonds is 7. The Kier molecular flexibility index (Phi) is 6.71. The Morgan fingerprint density at radius 1 is 1.19 bits per heavy atom. The second kappa shape index (κ2) is 8.82. The van der Waals surface area contributed by atoms with Gasteiger partial charge in [-0.3, -0.25) is 4.79 Å². The SMILES string of the molecule is C[C@@H]1CCCCN1CCCNC(=O)c1ccc(S(=O)(=O)N2CCCC2)s1. The van der Waals surface area contributed by atoms with Gasteiger partial charge in [-0.2, -0.15) is 4.31 Å². The normalized spacial score (nSPS) is 22.6. The number of likely N-dealkylation sites (tertiary alicyclic amines) is 1. The lowest BCUT2D eigenvalue weighted by Crippen LogP contribution is -2.39. The number of hydrogen-bond acceptors (Lipinski definition) is 5. The van der Waals surface area contributed by atoms with Crippen LogP contribution in [-0.4, -0.2) is 62.3 Å². The van der Waals surface area contributed by atoms with E-state index >= 15 is 0 Å². The summed E-state index contributed by atoms with van der Waals surface area (Å²) in [5.41, 5.74) is 0. The van der Waals surface area contributed by atoms with E-state index in [0.717, 1.165) is 43.7 Å². The molecule has 2 aliphatic heterocycles. The number of piperidine rings is 1. The standard InChI is InChI=1S/C18H29N3O3S2/c1-15-7-2-3-11-20(15)12-6-10-19-18(22)16-8-9-17(25-16)26(23,24)21-13-4-5-14-21/h8-9,15H,2-7,10-14H2,1H3,(H,19,22)/t15-/m1/s1. The van der Waals surface area contributed by atoms with E-state index < -0.39 is 10.0 Å². The summed E-state index contributed by atoms with van der Waals surface area (Å²) < 4.78 is 26.9. The molecule has 146 valence electrons. The Labute approximate surface area is 160 Å². The van der Waals surface area contributed by atoms with Crippen LogP contribution in [0.15, 0.2) is 16.3 Å². The van der Waals surface area contributed by atoms with Crippen LogP contribution in [0.4, 0.5) is 0 Å². The fraction of sp³-hybridized carbons (Fsp3) is 0.722. The monoisotopic (exact) mass is 399 g/mol. The Balaban J connectivity index is 1.47. The van der Waals surface area contributed by atoms with Crippen molar-refractivity contribution in [3.63, 3.8) is 0 Å². The van der Waals surface area contributed by atoms with Crippen molar-refractivity contribution < 1.29 is 13.2 Å². The molecule has 3 heterocycles. The van der Waals surface area contributed by atoms with Gasteiger partial charge < -0.3 is 10.2 Å². The molecule has 1 N–H and O–H groups in total. The summed E-state index contributed by atoms with van der Waals surface area (Å²) in [4.78, 5) is 15.3. The smallest absolute Gasteiger partial charge is 0.261 e. The molecule has 0 aromatic carbocycles. The molecule has 6 nitrogen and oxygen atoms in total. The van der Waals surface area contributed by atoms with Crippen molar-refractivity contribution in [2.24, 2.45) is 0 Å². The summed E-state index contributed by atoms with van der Waals surface area (Å²) in [5.74, 6) is -0.176. The minimum atomic E-state index is -3.43. The zero-order valence-electron chi connectivity index (χ0n) is 15.4. The molecule has 0 aliphatic carbocycles. The molecular weight excluding hydrogens is 370 g/mol. The molecule has 26 heavy (non-hydrogen) atoms. The van der Waals surface area contributed by atoms with Crippen molar-refractivity contribution in [2.45, 2.75) is 55.7 Å². The molecule has 0 saturated carbocycles. The average molecular weight is 400 g/mol. The number of nitrogens with zero attached hydrogens (tertiary/aromatic N) is 2. The molecule has 0 bridgehead atoms. The summed E-state index contributed by atoms with van der Waals surface area (Å²) in [6, 6.07) is 3.81. The van der Waals surface area contributed by atoms with Gasteiger partial charge in [0.05, 0.1) is 4.88 Å². The highest BCUT2D eigenvalue weighted by Gasteiger charge is 2.29. The minimum Gasteiger partial charge on any atom is -0.351 e. The predicted octanol–water partition coefficient (Wildman–Crippen LogP) is 2.53. The molecule has 1 aromatic rings. The fourth-order valence-electron chi connectivity index (χ4n) is 3.70. The molecule has 1 amide bonds. The van der Waals surface area contributed by atoms with Gasteiger partial charge in [-0.1, -0.05) is 6.42 Å². The Morgan fingerprint density at radius 2 is 1.92 bits per heavy atom. The highest BCUT2D eigenvalue weighted by molar-refractivity contribution is 7.91. The number of carbonyl (C=O) groups excluding carboxylic acids is 1. The zero-order valence-corrected chi connectivity index (χ0v) is 17.1. The highest BCUT2D eigenvalue weighted by atomic mass is 32.2. The van der Waals surface area contributed by atoms with Gasteiger partial charge in [0.15, 0.2) is 0 Å². The van der Waals surface area contributed by atoms with Crippen LogP contribution in [0.5, 0.6) is 0 Å². The number of hydrogen-bond donors (Lipinski definition) is 1. The molecule has 0 radical (unpaired) electrons. The van der Waals surface area contributed by atoms with Crippen LogP contribution in [0, 0.1) is 0 Å². The van der Waals surface area contributed by atoms with Crippen molar-refractivity contribution >= 4 is 27.3 Å². The third-order valence-electron chi connectivity index (χ3n) is 5.31. The van der Waals surface area contributed by atoms with Crippen molar-refractivity contribution in [3.05, 3.63) is 17.0 Å². The molecule has 2 saturated heterocycles. The van der Waals surface area contributed by atoms with Crippen LogP contribution in [-0.2, 0) is 10.0 Å². The van der Waals surface area contributed by atoms with E-state index in [9.17, 15) is 13.2 Å². The maximum Gasteiger partial charge on any atom is 0.261 e. The van der Waals surface area contributed by atoms with Crippen LogP contribution in [0.25, 0.3) is 0 Å². The lowest BCUT2D eigenvalue weighted by atomic mass is 10.0. The number of thiophene rings is 1. The topological polar surface area (TPSA) is 69.7 Å². The van der Waals surface area contributed by atoms with E-state index in [0.29, 0.717) is 30.6 Å². The van der Waals surface area contributed by atoms with E-state index in [4.69, 9.17) is 0 Å². The molecule has 0 spiro atoms. The van der Waals surface area contributed by atoms with E-state index in [1.807, 2.05) is 0 Å². The van der Waals surface area contributed by atoms with Gasteiger partial charge in [-0.15, -0.1) is 11.3 Å². The second-order valence-corrected chi connectivity index (χ2v) is 10.5. The van der Waals surface area contributed by atoms with E-state index in [1.54, 1.807) is 12.1 Å². The van der Waals surface area contributed by atoms with E-state index in [1.165, 1.54) is 23.6 Å². The lowest BCUT2D eigenvalue weighted by molar-refractivity contribution is 0.0953. The summed E-state index contributed by atoms with van der Waals surface area (Å²) in [6.45, 7) is 6.20. The summed E-state index contributed by atoms with van der Waals surface area (Å²) in [6.07, 6.45) is 6.58. The maximum absolute atomic E-state index is 12.5. The number of nitrogens with one attached hydrogen (secondary N) is 1. The molecular formula is C18H29N3O3S2. The van der Waals surface area contributed by atoms with Gasteiger partial charge in [0, 0.05) is 32.2 Å². The van der Waals surface area contributed by atoms with Crippen LogP contribution in [0.1, 0.15) is 55.1 Å². The van der Waals surface area contributed by atoms with Gasteiger partial charge in [-0.25, -0.2) is 8.42 Å². The second-order valence-electron chi connectivity index (χ2n) is 7.22. The first-order chi connectivity index (χ1) is 12.5. The largest absolute Gasteiger partial charge is 0.351 e. The lowest BCUT2D eigenvalue weighted by Gasteiger charge is -2.33. The average Bonchev–Trinajstić information content (AvgIpc) is 3.31. The Hall–Kier alpha value is -0.960. The quantitative estimate of drug-likeness (QED) is 0.716. The van der Waals surface area contributed by atoms with Gasteiger partial charge in [0.2, 0.25) is 0 Å². The van der Waals surface area contributed by atoms with Crippen LogP contribution < -0.4 is 5.32 Å². The van der Waals surface area contributed by atoms with Gasteiger partial charge in [0.25, 0.3) is 15.9 Å². The summed E-state index contributed by atoms with van der Waals surface area (Å²) >= 11 is 1.07. The van der Waals surface area contributed by atoms with Gasteiger partial charge in [0.1, 0.15) is 4.21 Å². The maximum atomic E-state index is 12.5. The van der Waals surface area contributed by atoms with Gasteiger partial charge >= 0.3 is 0 Å². The number of carbonyl (C=O) groups is 1. The Bertz CT molecular complexity index is 711. The minimum absolute atomic E-state index is 0.176. The first kappa shape index (κ1) is 19.8. The molecule has 1 atom stereocenters. The molecule has 8 heteroatoms. The molecule has 1 aromatic heterocycles. The van der Waals surface area contributed by atoms with Crippen molar-refractivity contribution in [1.29, 1.82) is 0 Å². The predicted molar refractivity (Wildman–Crippen MR) is 104 cm³/mol. The van der Waals surface area contributed by atoms with Crippen LogP contribution in [0.2, 0.25) is 0 Å². The fourth-order valence-corrected chi connectivity index (χ4v) is 6.59. The first-order valence-electron chi connectivity index (χ1n) is 9.61. The highest BCUT2D eigenvalue weighted by Crippen LogP contribution is 2.27. The molecule has 0 unspecified atom stereocenters. The zero-order chi connectivity index (χ0) is 18.6. The number of sulfonamides is 1. The van der Waals surface area contributed by atoms with Crippen LogP contribution in [0.3, 0.4) is 0 Å². The van der Waals surface area contributed by atoms with E-state index in [-0.39, 0.29) is 10.1 Å². The van der Waals surface area contributed by atoms with Crippen LogP contribution >= 0.6 is 11.3 Å². The third kappa shape index (κ3) is 4.65. The van der Waals surface area contributed by atoms with Crippen molar-refractivity contribution in [2.75, 3.05) is 32.7 Å². The van der Waals surface area contributed by atoms with E-state index in [2.05, 4.69) is 17.1 Å². The molecule has 2 aliphatic rings. The van der Waals surface area contributed by atoms with Gasteiger partial charge in [-0.05, 0) is 57.7 Å². The molecule has 2 fully saturated rings. The van der Waals surface area contributed by atoms with Crippen molar-refractivity contribution in [1.82, 2.24) is 14.5 Å². The Morgan fingerprint density at radius 3 is 2.65 bits per heavy atom. The third-order valence-corrected chi connectivity index (χ3v) is 8.76.